The summed E-state index contributed by atoms with van der Waals surface area (Å²) < 4.78 is 27.3. The van der Waals surface area contributed by atoms with E-state index in [9.17, 15) is 8.42 Å². The molecule has 0 fully saturated rings. The van der Waals surface area contributed by atoms with Gasteiger partial charge in [0.2, 0.25) is 10.0 Å². The summed E-state index contributed by atoms with van der Waals surface area (Å²) in [5, 5.41) is 4.88. The first-order valence-corrected chi connectivity index (χ1v) is 9.33. The van der Waals surface area contributed by atoms with Gasteiger partial charge >= 0.3 is 0 Å². The van der Waals surface area contributed by atoms with Crippen LogP contribution in [0, 0.1) is 0 Å². The molecule has 1 aromatic rings. The summed E-state index contributed by atoms with van der Waals surface area (Å²) in [5.41, 5.74) is 0.999. The minimum Gasteiger partial charge on any atom is -0.316 e. The van der Waals surface area contributed by atoms with E-state index < -0.39 is 10.0 Å². The Bertz CT molecular complexity index is 457. The second kappa shape index (κ2) is 7.49. The number of rotatable bonds is 8. The normalized spacial score (nSPS) is 13.7. The van der Waals surface area contributed by atoms with Crippen LogP contribution >= 0.6 is 23.1 Å². The number of nitrogens with one attached hydrogen (secondary N) is 2. The van der Waals surface area contributed by atoms with E-state index in [1.165, 1.54) is 11.3 Å². The smallest absolute Gasteiger partial charge is 0.250 e. The van der Waals surface area contributed by atoms with E-state index in [2.05, 4.69) is 17.0 Å². The van der Waals surface area contributed by atoms with Crippen molar-refractivity contribution in [3.8, 4) is 0 Å². The first-order chi connectivity index (χ1) is 8.49. The molecule has 1 rings (SSSR count). The van der Waals surface area contributed by atoms with Gasteiger partial charge in [-0.2, -0.15) is 11.8 Å². The van der Waals surface area contributed by atoms with Crippen molar-refractivity contribution in [3.05, 3.63) is 17.0 Å². The SMILES string of the molecule is CCSCC(C)NS(=O)(=O)c1cc(CNC)cs1. The molecule has 0 aliphatic heterocycles. The fraction of sp³-hybridized carbons (Fsp3) is 0.636. The molecule has 1 atom stereocenters. The topological polar surface area (TPSA) is 58.2 Å². The maximum Gasteiger partial charge on any atom is 0.250 e. The van der Waals surface area contributed by atoms with E-state index in [-0.39, 0.29) is 6.04 Å². The molecule has 18 heavy (non-hydrogen) atoms. The summed E-state index contributed by atoms with van der Waals surface area (Å²) in [6.07, 6.45) is 0. The van der Waals surface area contributed by atoms with Gasteiger partial charge < -0.3 is 5.32 Å². The van der Waals surface area contributed by atoms with Gasteiger partial charge in [0.05, 0.1) is 0 Å². The van der Waals surface area contributed by atoms with Gasteiger partial charge in [-0.25, -0.2) is 13.1 Å². The standard InChI is InChI=1S/C11H20N2O2S3/c1-4-16-7-9(2)13-18(14,15)11-5-10(6-12-3)8-17-11/h5,8-9,12-13H,4,6-7H2,1-3H3. The number of hydrogen-bond donors (Lipinski definition) is 2. The van der Waals surface area contributed by atoms with Gasteiger partial charge in [0.15, 0.2) is 0 Å². The molecule has 0 aromatic carbocycles. The lowest BCUT2D eigenvalue weighted by atomic mass is 10.3. The molecule has 0 amide bonds. The zero-order valence-electron chi connectivity index (χ0n) is 10.9. The quantitative estimate of drug-likeness (QED) is 0.770. The van der Waals surface area contributed by atoms with Gasteiger partial charge in [0, 0.05) is 18.3 Å². The van der Waals surface area contributed by atoms with Crippen LogP contribution in [0.4, 0.5) is 0 Å². The largest absolute Gasteiger partial charge is 0.316 e. The van der Waals surface area contributed by atoms with E-state index in [1.807, 2.05) is 19.4 Å². The lowest BCUT2D eigenvalue weighted by molar-refractivity contribution is 0.573. The first kappa shape index (κ1) is 16.0. The van der Waals surface area contributed by atoms with Crippen molar-refractivity contribution in [2.24, 2.45) is 0 Å². The highest BCUT2D eigenvalue weighted by Gasteiger charge is 2.19. The van der Waals surface area contributed by atoms with Crippen molar-refractivity contribution in [2.45, 2.75) is 30.6 Å². The van der Waals surface area contributed by atoms with E-state index in [0.717, 1.165) is 17.1 Å². The lowest BCUT2D eigenvalue weighted by Gasteiger charge is -2.12. The Morgan fingerprint density at radius 1 is 1.50 bits per heavy atom. The second-order valence-electron chi connectivity index (χ2n) is 3.99. The van der Waals surface area contributed by atoms with E-state index in [1.54, 1.807) is 17.8 Å². The van der Waals surface area contributed by atoms with Crippen molar-refractivity contribution in [3.63, 3.8) is 0 Å². The molecule has 1 unspecified atom stereocenters. The Morgan fingerprint density at radius 2 is 2.22 bits per heavy atom. The molecule has 0 saturated heterocycles. The highest BCUT2D eigenvalue weighted by Crippen LogP contribution is 2.20. The Hall–Kier alpha value is -0.0800. The van der Waals surface area contributed by atoms with E-state index >= 15 is 0 Å². The average Bonchev–Trinajstić information content (AvgIpc) is 2.75. The molecule has 0 radical (unpaired) electrons. The Balaban J connectivity index is 2.67. The fourth-order valence-corrected chi connectivity index (χ4v) is 4.69. The number of thiophene rings is 1. The summed E-state index contributed by atoms with van der Waals surface area (Å²) in [6, 6.07) is 1.68. The maximum atomic E-state index is 12.1. The van der Waals surface area contributed by atoms with Crippen molar-refractivity contribution in [1.29, 1.82) is 0 Å². The fourth-order valence-electron chi connectivity index (χ4n) is 1.44. The molecule has 0 aliphatic rings. The first-order valence-electron chi connectivity index (χ1n) is 5.81. The second-order valence-corrected chi connectivity index (χ2v) is 8.16. The number of thioether (sulfide) groups is 1. The summed E-state index contributed by atoms with van der Waals surface area (Å²) in [6.45, 7) is 4.64. The van der Waals surface area contributed by atoms with Gasteiger partial charge in [-0.3, -0.25) is 0 Å². The molecular weight excluding hydrogens is 288 g/mol. The number of sulfonamides is 1. The molecule has 7 heteroatoms. The highest BCUT2D eigenvalue weighted by atomic mass is 32.2. The zero-order chi connectivity index (χ0) is 13.6. The Labute approximate surface area is 118 Å². The van der Waals surface area contributed by atoms with Crippen LogP contribution in [0.15, 0.2) is 15.7 Å². The summed E-state index contributed by atoms with van der Waals surface area (Å²) in [4.78, 5) is 0. The predicted octanol–water partition coefficient (Wildman–Crippen LogP) is 1.89. The van der Waals surface area contributed by atoms with E-state index in [4.69, 9.17) is 0 Å². The minimum atomic E-state index is -3.36. The third-order valence-corrected chi connectivity index (χ3v) is 6.43. The minimum absolute atomic E-state index is 0.0465. The summed E-state index contributed by atoms with van der Waals surface area (Å²) >= 11 is 3.00. The van der Waals surface area contributed by atoms with Crippen LogP contribution < -0.4 is 10.0 Å². The molecule has 1 heterocycles. The van der Waals surface area contributed by atoms with Crippen LogP contribution in [0.3, 0.4) is 0 Å². The maximum absolute atomic E-state index is 12.1. The molecule has 1 aromatic heterocycles. The third kappa shape index (κ3) is 4.89. The van der Waals surface area contributed by atoms with Crippen molar-refractivity contribution in [2.75, 3.05) is 18.6 Å². The van der Waals surface area contributed by atoms with Crippen molar-refractivity contribution >= 4 is 33.1 Å². The van der Waals surface area contributed by atoms with Crippen LogP contribution in [0.5, 0.6) is 0 Å². The van der Waals surface area contributed by atoms with Crippen LogP contribution in [-0.4, -0.2) is 33.0 Å². The zero-order valence-corrected chi connectivity index (χ0v) is 13.3. The summed E-state index contributed by atoms with van der Waals surface area (Å²) in [7, 11) is -1.52. The van der Waals surface area contributed by atoms with Gasteiger partial charge in [-0.05, 0) is 36.7 Å². The van der Waals surface area contributed by atoms with Crippen LogP contribution in [0.2, 0.25) is 0 Å². The molecule has 4 nitrogen and oxygen atoms in total. The lowest BCUT2D eigenvalue weighted by Crippen LogP contribution is -2.33. The van der Waals surface area contributed by atoms with Gasteiger partial charge in [-0.15, -0.1) is 11.3 Å². The van der Waals surface area contributed by atoms with Crippen LogP contribution in [0.25, 0.3) is 0 Å². The third-order valence-electron chi connectivity index (χ3n) is 2.20. The van der Waals surface area contributed by atoms with Crippen LogP contribution in [0.1, 0.15) is 19.4 Å². The summed E-state index contributed by atoms with van der Waals surface area (Å²) in [5.74, 6) is 1.79. The number of hydrogen-bond acceptors (Lipinski definition) is 5. The van der Waals surface area contributed by atoms with Gasteiger partial charge in [-0.1, -0.05) is 6.92 Å². The molecule has 0 spiro atoms. The highest BCUT2D eigenvalue weighted by molar-refractivity contribution is 7.99. The molecule has 0 aliphatic carbocycles. The Kier molecular flexibility index (Phi) is 6.65. The van der Waals surface area contributed by atoms with Gasteiger partial charge in [0.1, 0.15) is 4.21 Å². The van der Waals surface area contributed by atoms with E-state index in [0.29, 0.717) is 10.8 Å². The molecular formula is C11H20N2O2S3. The molecule has 0 bridgehead atoms. The predicted molar refractivity (Wildman–Crippen MR) is 79.9 cm³/mol. The average molecular weight is 308 g/mol. The monoisotopic (exact) mass is 308 g/mol. The molecule has 0 saturated carbocycles. The van der Waals surface area contributed by atoms with Crippen molar-refractivity contribution in [1.82, 2.24) is 10.0 Å². The molecule has 2 N–H and O–H groups in total. The molecule has 104 valence electrons. The Morgan fingerprint density at radius 3 is 2.83 bits per heavy atom. The van der Waals surface area contributed by atoms with Crippen LogP contribution in [-0.2, 0) is 16.6 Å². The van der Waals surface area contributed by atoms with Gasteiger partial charge in [0.25, 0.3) is 0 Å². The van der Waals surface area contributed by atoms with Crippen molar-refractivity contribution < 1.29 is 8.42 Å².